The van der Waals surface area contributed by atoms with Crippen LogP contribution in [0, 0.1) is 30.1 Å². The molecule has 3 nitrogen and oxygen atoms in total. The normalized spacial score (nSPS) is 34.1. The van der Waals surface area contributed by atoms with Gasteiger partial charge in [0.15, 0.2) is 0 Å². The van der Waals surface area contributed by atoms with E-state index in [-0.39, 0.29) is 18.0 Å². The highest BCUT2D eigenvalue weighted by Gasteiger charge is 2.41. The Morgan fingerprint density at radius 1 is 1.50 bits per heavy atom. The smallest absolute Gasteiger partial charge is 0.309 e. The molecule has 1 saturated carbocycles. The highest BCUT2D eigenvalue weighted by atomic mass is 16.5. The molecule has 2 fully saturated rings. The van der Waals surface area contributed by atoms with Crippen LogP contribution < -0.4 is 5.32 Å². The molecule has 3 atom stereocenters. The number of rotatable bonds is 3. The van der Waals surface area contributed by atoms with Crippen molar-refractivity contribution in [1.29, 1.82) is 0 Å². The Kier molecular flexibility index (Phi) is 3.50. The van der Waals surface area contributed by atoms with E-state index in [2.05, 4.69) is 11.2 Å². The van der Waals surface area contributed by atoms with Crippen molar-refractivity contribution in [3.8, 4) is 12.3 Å². The number of carbonyl (C=O) groups is 1. The fraction of sp³-hybridized carbons (Fsp3) is 0.769. The molecule has 0 aromatic carbocycles. The van der Waals surface area contributed by atoms with Gasteiger partial charge in [0.1, 0.15) is 6.10 Å². The van der Waals surface area contributed by atoms with Gasteiger partial charge in [-0.05, 0) is 44.7 Å². The zero-order valence-electron chi connectivity index (χ0n) is 9.74. The van der Waals surface area contributed by atoms with Crippen LogP contribution in [-0.4, -0.2) is 25.2 Å². The summed E-state index contributed by atoms with van der Waals surface area (Å²) < 4.78 is 5.34. The average molecular weight is 221 g/mol. The molecule has 2 rings (SSSR count). The van der Waals surface area contributed by atoms with Crippen LogP contribution in [0.3, 0.4) is 0 Å². The molecule has 0 radical (unpaired) electrons. The van der Waals surface area contributed by atoms with Crippen LogP contribution >= 0.6 is 0 Å². The van der Waals surface area contributed by atoms with Crippen LogP contribution in [-0.2, 0) is 9.53 Å². The van der Waals surface area contributed by atoms with E-state index in [9.17, 15) is 4.79 Å². The molecule has 0 aromatic rings. The van der Waals surface area contributed by atoms with Crippen molar-refractivity contribution >= 4 is 5.97 Å². The predicted octanol–water partition coefficient (Wildman–Crippen LogP) is 1.19. The molecule has 16 heavy (non-hydrogen) atoms. The third kappa shape index (κ3) is 2.38. The number of terminal acetylenes is 1. The van der Waals surface area contributed by atoms with E-state index in [1.807, 2.05) is 6.92 Å². The van der Waals surface area contributed by atoms with Crippen LogP contribution in [0.2, 0.25) is 0 Å². The third-order valence-electron chi connectivity index (χ3n) is 3.71. The van der Waals surface area contributed by atoms with Crippen molar-refractivity contribution in [2.45, 2.75) is 32.3 Å². The summed E-state index contributed by atoms with van der Waals surface area (Å²) in [5.41, 5.74) is 0. The molecule has 2 aliphatic rings. The lowest BCUT2D eigenvalue weighted by atomic mass is 10.0. The molecular formula is C13H19NO2. The van der Waals surface area contributed by atoms with Crippen molar-refractivity contribution in [3.63, 3.8) is 0 Å². The minimum Gasteiger partial charge on any atom is -0.461 e. The molecule has 0 aromatic heterocycles. The Morgan fingerprint density at radius 2 is 2.12 bits per heavy atom. The summed E-state index contributed by atoms with van der Waals surface area (Å²) in [5, 5.41) is 3.37. The zero-order chi connectivity index (χ0) is 11.5. The summed E-state index contributed by atoms with van der Waals surface area (Å²) in [6.07, 6.45) is 7.52. The van der Waals surface area contributed by atoms with Gasteiger partial charge >= 0.3 is 5.97 Å². The fourth-order valence-electron chi connectivity index (χ4n) is 2.86. The van der Waals surface area contributed by atoms with Crippen LogP contribution in [0.4, 0.5) is 0 Å². The summed E-state index contributed by atoms with van der Waals surface area (Å²) in [6.45, 7) is 3.98. The van der Waals surface area contributed by atoms with E-state index < -0.39 is 0 Å². The number of hydrogen-bond donors (Lipinski definition) is 1. The van der Waals surface area contributed by atoms with E-state index in [0.717, 1.165) is 25.9 Å². The van der Waals surface area contributed by atoms with E-state index in [0.29, 0.717) is 18.3 Å². The zero-order valence-corrected chi connectivity index (χ0v) is 9.74. The van der Waals surface area contributed by atoms with Gasteiger partial charge in [-0.25, -0.2) is 0 Å². The van der Waals surface area contributed by atoms with Gasteiger partial charge in [-0.2, -0.15) is 0 Å². The fourth-order valence-corrected chi connectivity index (χ4v) is 2.86. The molecule has 1 heterocycles. The van der Waals surface area contributed by atoms with Crippen LogP contribution in [0.5, 0.6) is 0 Å². The van der Waals surface area contributed by atoms with Crippen LogP contribution in [0.1, 0.15) is 26.2 Å². The molecule has 0 amide bonds. The van der Waals surface area contributed by atoms with Gasteiger partial charge in [-0.3, -0.25) is 4.79 Å². The Balaban J connectivity index is 1.81. The van der Waals surface area contributed by atoms with Gasteiger partial charge in [0.2, 0.25) is 0 Å². The maximum Gasteiger partial charge on any atom is 0.309 e. The lowest BCUT2D eigenvalue weighted by Crippen LogP contribution is -2.22. The molecule has 1 aliphatic heterocycles. The van der Waals surface area contributed by atoms with Crippen LogP contribution in [0.15, 0.2) is 0 Å². The minimum absolute atomic E-state index is 0.0443. The average Bonchev–Trinajstić information content (AvgIpc) is 2.76. The second-order valence-corrected chi connectivity index (χ2v) is 5.00. The molecule has 3 unspecified atom stereocenters. The van der Waals surface area contributed by atoms with Gasteiger partial charge in [0.05, 0.1) is 5.92 Å². The summed E-state index contributed by atoms with van der Waals surface area (Å²) in [7, 11) is 0. The van der Waals surface area contributed by atoms with Crippen molar-refractivity contribution < 1.29 is 9.53 Å². The van der Waals surface area contributed by atoms with Crippen molar-refractivity contribution in [1.82, 2.24) is 5.32 Å². The second-order valence-electron chi connectivity index (χ2n) is 5.00. The van der Waals surface area contributed by atoms with Gasteiger partial charge in [-0.1, -0.05) is 0 Å². The third-order valence-corrected chi connectivity index (χ3v) is 3.71. The molecule has 0 spiro atoms. The monoisotopic (exact) mass is 221 g/mol. The molecular weight excluding hydrogens is 202 g/mol. The van der Waals surface area contributed by atoms with E-state index in [4.69, 9.17) is 11.2 Å². The molecule has 3 heteroatoms. The number of ether oxygens (including phenoxy) is 1. The summed E-state index contributed by atoms with van der Waals surface area (Å²) >= 11 is 0. The maximum atomic E-state index is 11.9. The largest absolute Gasteiger partial charge is 0.461 e. The minimum atomic E-state index is -0.143. The first-order valence-electron chi connectivity index (χ1n) is 6.05. The predicted molar refractivity (Wildman–Crippen MR) is 61.6 cm³/mol. The van der Waals surface area contributed by atoms with Crippen molar-refractivity contribution in [2.24, 2.45) is 17.8 Å². The first-order chi connectivity index (χ1) is 7.70. The molecule has 1 saturated heterocycles. The first-order valence-corrected chi connectivity index (χ1v) is 6.05. The van der Waals surface area contributed by atoms with Gasteiger partial charge in [-0.15, -0.1) is 12.3 Å². The Labute approximate surface area is 96.9 Å². The van der Waals surface area contributed by atoms with Gasteiger partial charge in [0.25, 0.3) is 0 Å². The number of esters is 1. The summed E-state index contributed by atoms with van der Waals surface area (Å²) in [4.78, 5) is 11.9. The Morgan fingerprint density at radius 3 is 2.69 bits per heavy atom. The molecule has 88 valence electrons. The topological polar surface area (TPSA) is 38.3 Å². The lowest BCUT2D eigenvalue weighted by molar-refractivity contribution is -0.152. The lowest BCUT2D eigenvalue weighted by Gasteiger charge is -2.15. The molecule has 1 N–H and O–H groups in total. The number of hydrogen-bond acceptors (Lipinski definition) is 3. The quantitative estimate of drug-likeness (QED) is 0.574. The van der Waals surface area contributed by atoms with Crippen LogP contribution in [0.25, 0.3) is 0 Å². The standard InChI is InChI=1S/C13H19NO2/c1-3-4-9(2)16-13(15)10-5-11-7-14-8-12(11)6-10/h1,9-12,14H,4-8H2,2H3. The highest BCUT2D eigenvalue weighted by Crippen LogP contribution is 2.39. The highest BCUT2D eigenvalue weighted by molar-refractivity contribution is 5.73. The molecule has 0 bridgehead atoms. The SMILES string of the molecule is C#CCC(C)OC(=O)C1CC2CNCC2C1. The summed E-state index contributed by atoms with van der Waals surface area (Å²) in [5.74, 6) is 3.94. The number of carbonyl (C=O) groups excluding carboxylic acids is 1. The maximum absolute atomic E-state index is 11.9. The van der Waals surface area contributed by atoms with Crippen molar-refractivity contribution in [2.75, 3.05) is 13.1 Å². The van der Waals surface area contributed by atoms with Gasteiger partial charge in [0, 0.05) is 6.42 Å². The van der Waals surface area contributed by atoms with E-state index >= 15 is 0 Å². The molecule has 1 aliphatic carbocycles. The Bertz CT molecular complexity index is 296. The van der Waals surface area contributed by atoms with E-state index in [1.54, 1.807) is 0 Å². The van der Waals surface area contributed by atoms with E-state index in [1.165, 1.54) is 0 Å². The Hall–Kier alpha value is -1.01. The van der Waals surface area contributed by atoms with Gasteiger partial charge < -0.3 is 10.1 Å². The number of nitrogens with one attached hydrogen (secondary N) is 1. The summed E-state index contributed by atoms with van der Waals surface area (Å²) in [6, 6.07) is 0. The second kappa shape index (κ2) is 4.88. The van der Waals surface area contributed by atoms with Crippen molar-refractivity contribution in [3.05, 3.63) is 0 Å². The first kappa shape index (κ1) is 11.5. The number of fused-ring (bicyclic) bond motifs is 1.